The molecule has 0 aromatic heterocycles. The van der Waals surface area contributed by atoms with E-state index in [1.54, 1.807) is 18.2 Å². The lowest BCUT2D eigenvalue weighted by atomic mass is 10.3. The first-order valence-corrected chi connectivity index (χ1v) is 5.19. The smallest absolute Gasteiger partial charge is 0.222 e. The quantitative estimate of drug-likeness (QED) is 0.765. The predicted octanol–water partition coefficient (Wildman–Crippen LogP) is 2.83. The number of rotatable bonds is 1. The molecule has 0 aliphatic heterocycles. The Morgan fingerprint density at radius 2 is 2.07 bits per heavy atom. The van der Waals surface area contributed by atoms with Crippen LogP contribution in [0.4, 0.5) is 5.69 Å². The normalized spacial score (nSPS) is 9.53. The summed E-state index contributed by atoms with van der Waals surface area (Å²) in [5.41, 5.74) is 0.597. The standard InChI is InChI=1S/C9H8Cl2N2OS/c1-5(14)12-9(15)13-8-3-2-6(10)4-7(8)11/h2-4H,1H3,(H2,12,13,14,15). The first kappa shape index (κ1) is 12.2. The van der Waals surface area contributed by atoms with Gasteiger partial charge in [-0.3, -0.25) is 4.79 Å². The molecule has 0 saturated heterocycles. The van der Waals surface area contributed by atoms with Crippen LogP contribution in [0.15, 0.2) is 18.2 Å². The van der Waals surface area contributed by atoms with Gasteiger partial charge in [0.1, 0.15) is 0 Å². The largest absolute Gasteiger partial charge is 0.331 e. The number of benzene rings is 1. The van der Waals surface area contributed by atoms with Gasteiger partial charge in [0.15, 0.2) is 5.11 Å². The number of hydrogen-bond acceptors (Lipinski definition) is 2. The van der Waals surface area contributed by atoms with E-state index in [-0.39, 0.29) is 11.0 Å². The van der Waals surface area contributed by atoms with Crippen LogP contribution < -0.4 is 10.6 Å². The van der Waals surface area contributed by atoms with Gasteiger partial charge in [0, 0.05) is 11.9 Å². The summed E-state index contributed by atoms with van der Waals surface area (Å²) >= 11 is 16.5. The zero-order chi connectivity index (χ0) is 11.4. The SMILES string of the molecule is CC(=O)NC(=S)Nc1ccc(Cl)cc1Cl. The van der Waals surface area contributed by atoms with Crippen molar-refractivity contribution in [3.05, 3.63) is 28.2 Å². The maximum Gasteiger partial charge on any atom is 0.222 e. The predicted molar refractivity (Wildman–Crippen MR) is 66.5 cm³/mol. The van der Waals surface area contributed by atoms with Gasteiger partial charge in [0.2, 0.25) is 5.91 Å². The maximum atomic E-state index is 10.7. The molecule has 0 aliphatic carbocycles. The number of hydrogen-bond donors (Lipinski definition) is 2. The molecule has 0 aliphatic rings. The second-order valence-electron chi connectivity index (χ2n) is 2.76. The Morgan fingerprint density at radius 3 is 2.60 bits per heavy atom. The van der Waals surface area contributed by atoms with Crippen LogP contribution in [0.5, 0.6) is 0 Å². The van der Waals surface area contributed by atoms with Gasteiger partial charge in [0.05, 0.1) is 10.7 Å². The Kier molecular flexibility index (Phi) is 4.32. The molecule has 0 unspecified atom stereocenters. The highest BCUT2D eigenvalue weighted by Gasteiger charge is 2.04. The molecule has 1 rings (SSSR count). The molecule has 0 saturated carbocycles. The van der Waals surface area contributed by atoms with Crippen molar-refractivity contribution in [3.63, 3.8) is 0 Å². The Balaban J connectivity index is 2.72. The van der Waals surface area contributed by atoms with E-state index < -0.39 is 0 Å². The molecule has 1 aromatic rings. The minimum atomic E-state index is -0.238. The third-order valence-corrected chi connectivity index (χ3v) is 2.22. The van der Waals surface area contributed by atoms with Crippen molar-refractivity contribution in [1.82, 2.24) is 5.32 Å². The number of halogens is 2. The van der Waals surface area contributed by atoms with Gasteiger partial charge in [-0.1, -0.05) is 23.2 Å². The van der Waals surface area contributed by atoms with Crippen LogP contribution in [-0.2, 0) is 4.79 Å². The highest BCUT2D eigenvalue weighted by Crippen LogP contribution is 2.25. The fraction of sp³-hybridized carbons (Fsp3) is 0.111. The van der Waals surface area contributed by atoms with Crippen molar-refractivity contribution >= 4 is 52.1 Å². The lowest BCUT2D eigenvalue weighted by Crippen LogP contribution is -2.32. The maximum absolute atomic E-state index is 10.7. The number of anilines is 1. The van der Waals surface area contributed by atoms with Crippen LogP contribution in [0.1, 0.15) is 6.92 Å². The Morgan fingerprint density at radius 1 is 1.40 bits per heavy atom. The molecule has 0 radical (unpaired) electrons. The first-order valence-electron chi connectivity index (χ1n) is 4.02. The molecule has 0 fully saturated rings. The average Bonchev–Trinajstić information content (AvgIpc) is 2.08. The highest BCUT2D eigenvalue weighted by atomic mass is 35.5. The molecule has 6 heteroatoms. The Labute approximate surface area is 103 Å². The molecule has 2 N–H and O–H groups in total. The number of carbonyl (C=O) groups excluding carboxylic acids is 1. The van der Waals surface area contributed by atoms with Crippen molar-refractivity contribution in [2.24, 2.45) is 0 Å². The molecule has 0 spiro atoms. The summed E-state index contributed by atoms with van der Waals surface area (Å²) in [6, 6.07) is 4.94. The van der Waals surface area contributed by atoms with E-state index in [9.17, 15) is 4.79 Å². The van der Waals surface area contributed by atoms with Gasteiger partial charge in [0.25, 0.3) is 0 Å². The van der Waals surface area contributed by atoms with E-state index in [0.29, 0.717) is 15.7 Å². The van der Waals surface area contributed by atoms with Gasteiger partial charge in [-0.25, -0.2) is 0 Å². The van der Waals surface area contributed by atoms with Crippen molar-refractivity contribution in [2.45, 2.75) is 6.92 Å². The van der Waals surface area contributed by atoms with Crippen LogP contribution in [0.2, 0.25) is 10.0 Å². The molecule has 80 valence electrons. The lowest BCUT2D eigenvalue weighted by Gasteiger charge is -2.09. The molecule has 3 nitrogen and oxygen atoms in total. The molecule has 0 atom stereocenters. The van der Waals surface area contributed by atoms with E-state index in [1.165, 1.54) is 6.92 Å². The third kappa shape index (κ3) is 4.03. The van der Waals surface area contributed by atoms with Gasteiger partial charge in [-0.15, -0.1) is 0 Å². The van der Waals surface area contributed by atoms with Crippen molar-refractivity contribution in [3.8, 4) is 0 Å². The van der Waals surface area contributed by atoms with E-state index in [2.05, 4.69) is 10.6 Å². The summed E-state index contributed by atoms with van der Waals surface area (Å²) in [5, 5.41) is 6.38. The van der Waals surface area contributed by atoms with Crippen LogP contribution >= 0.6 is 35.4 Å². The minimum Gasteiger partial charge on any atom is -0.331 e. The zero-order valence-electron chi connectivity index (χ0n) is 7.80. The summed E-state index contributed by atoms with van der Waals surface area (Å²) < 4.78 is 0. The molecule has 0 bridgehead atoms. The van der Waals surface area contributed by atoms with Gasteiger partial charge >= 0.3 is 0 Å². The molecule has 1 amide bonds. The van der Waals surface area contributed by atoms with Crippen LogP contribution in [0, 0.1) is 0 Å². The van der Waals surface area contributed by atoms with Crippen molar-refractivity contribution in [2.75, 3.05) is 5.32 Å². The second kappa shape index (κ2) is 5.30. The van der Waals surface area contributed by atoms with Gasteiger partial charge in [-0.05, 0) is 30.4 Å². The second-order valence-corrected chi connectivity index (χ2v) is 4.01. The van der Waals surface area contributed by atoms with Gasteiger partial charge in [-0.2, -0.15) is 0 Å². The van der Waals surface area contributed by atoms with Crippen molar-refractivity contribution < 1.29 is 4.79 Å². The monoisotopic (exact) mass is 262 g/mol. The summed E-state index contributed by atoms with van der Waals surface area (Å²) in [7, 11) is 0. The highest BCUT2D eigenvalue weighted by molar-refractivity contribution is 7.80. The number of amides is 1. The Bertz CT molecular complexity index is 409. The van der Waals surface area contributed by atoms with Crippen LogP contribution in [0.25, 0.3) is 0 Å². The number of nitrogens with one attached hydrogen (secondary N) is 2. The molecular formula is C9H8Cl2N2OS. The fourth-order valence-electron chi connectivity index (χ4n) is 0.904. The Hall–Kier alpha value is -0.840. The van der Waals surface area contributed by atoms with Gasteiger partial charge < -0.3 is 10.6 Å². The number of thiocarbonyl (C=S) groups is 1. The minimum absolute atomic E-state index is 0.201. The first-order chi connectivity index (χ1) is 6.99. The number of carbonyl (C=O) groups is 1. The van der Waals surface area contributed by atoms with Crippen LogP contribution in [0.3, 0.4) is 0 Å². The summed E-state index contributed by atoms with van der Waals surface area (Å²) in [5.74, 6) is -0.238. The average molecular weight is 263 g/mol. The van der Waals surface area contributed by atoms with E-state index in [0.717, 1.165) is 0 Å². The molecule has 0 heterocycles. The summed E-state index contributed by atoms with van der Waals surface area (Å²) in [4.78, 5) is 10.7. The van der Waals surface area contributed by atoms with Crippen LogP contribution in [-0.4, -0.2) is 11.0 Å². The summed E-state index contributed by atoms with van der Waals surface area (Å²) in [6.07, 6.45) is 0. The lowest BCUT2D eigenvalue weighted by molar-refractivity contribution is -0.117. The van der Waals surface area contributed by atoms with E-state index in [1.807, 2.05) is 0 Å². The molecule has 1 aromatic carbocycles. The molecular weight excluding hydrogens is 255 g/mol. The fourth-order valence-corrected chi connectivity index (χ4v) is 1.61. The van der Waals surface area contributed by atoms with Crippen molar-refractivity contribution in [1.29, 1.82) is 0 Å². The van der Waals surface area contributed by atoms with E-state index >= 15 is 0 Å². The molecule has 15 heavy (non-hydrogen) atoms. The zero-order valence-corrected chi connectivity index (χ0v) is 10.1. The van der Waals surface area contributed by atoms with E-state index in [4.69, 9.17) is 35.4 Å². The third-order valence-electron chi connectivity index (χ3n) is 1.47. The topological polar surface area (TPSA) is 41.1 Å². The summed E-state index contributed by atoms with van der Waals surface area (Å²) in [6.45, 7) is 1.37.